The van der Waals surface area contributed by atoms with Crippen molar-refractivity contribution in [2.75, 3.05) is 0 Å². The van der Waals surface area contributed by atoms with Crippen molar-refractivity contribution in [2.45, 2.75) is 38.8 Å². The number of alkyl carbamates (subject to hydrolysis) is 1. The second kappa shape index (κ2) is 6.64. The van der Waals surface area contributed by atoms with Crippen LogP contribution in [-0.2, 0) is 16.0 Å². The van der Waals surface area contributed by atoms with Crippen molar-refractivity contribution >= 4 is 22.8 Å². The van der Waals surface area contributed by atoms with E-state index in [-0.39, 0.29) is 6.42 Å². The molecule has 0 saturated carbocycles. The van der Waals surface area contributed by atoms with Gasteiger partial charge in [-0.15, -0.1) is 0 Å². The standard InChI is InChI=1S/C17H20N2O4/c1-17(2,3)23-16(22)19-14(15(20)21)9-11-4-5-12-6-7-18-10-13(12)8-11/h4-8,10,14H,9H2,1-3H3,(H,19,22)(H,20,21)/t14-/m1/s1. The topological polar surface area (TPSA) is 88.5 Å². The summed E-state index contributed by atoms with van der Waals surface area (Å²) in [6.07, 6.45) is 2.84. The number of benzene rings is 1. The van der Waals surface area contributed by atoms with Crippen molar-refractivity contribution in [3.05, 3.63) is 42.2 Å². The molecular formula is C17H20N2O4. The minimum Gasteiger partial charge on any atom is -0.480 e. The first-order valence-electron chi connectivity index (χ1n) is 7.29. The molecule has 0 aliphatic carbocycles. The Bertz CT molecular complexity index is 722. The normalized spacial score (nSPS) is 12.7. The van der Waals surface area contributed by atoms with Crippen molar-refractivity contribution in [2.24, 2.45) is 0 Å². The highest BCUT2D eigenvalue weighted by Crippen LogP contribution is 2.16. The molecule has 0 aliphatic rings. The van der Waals surface area contributed by atoms with E-state index in [0.29, 0.717) is 0 Å². The number of carboxylic acids is 1. The van der Waals surface area contributed by atoms with Gasteiger partial charge < -0.3 is 15.2 Å². The van der Waals surface area contributed by atoms with Gasteiger partial charge in [0.2, 0.25) is 0 Å². The van der Waals surface area contributed by atoms with Gasteiger partial charge >= 0.3 is 12.1 Å². The molecule has 23 heavy (non-hydrogen) atoms. The maximum Gasteiger partial charge on any atom is 0.408 e. The minimum atomic E-state index is -1.11. The highest BCUT2D eigenvalue weighted by atomic mass is 16.6. The molecule has 1 amide bonds. The van der Waals surface area contributed by atoms with Crippen LogP contribution >= 0.6 is 0 Å². The third kappa shape index (κ3) is 4.95. The fraction of sp³-hybridized carbons (Fsp3) is 0.353. The highest BCUT2D eigenvalue weighted by Gasteiger charge is 2.24. The van der Waals surface area contributed by atoms with Crippen LogP contribution in [0.5, 0.6) is 0 Å². The van der Waals surface area contributed by atoms with E-state index in [2.05, 4.69) is 10.3 Å². The summed E-state index contributed by atoms with van der Waals surface area (Å²) < 4.78 is 5.10. The number of aliphatic carboxylic acids is 1. The highest BCUT2D eigenvalue weighted by molar-refractivity contribution is 5.83. The van der Waals surface area contributed by atoms with E-state index in [9.17, 15) is 14.7 Å². The average molecular weight is 316 g/mol. The minimum absolute atomic E-state index is 0.166. The van der Waals surface area contributed by atoms with Crippen LogP contribution in [-0.4, -0.2) is 33.8 Å². The summed E-state index contributed by atoms with van der Waals surface area (Å²) in [5.74, 6) is -1.11. The van der Waals surface area contributed by atoms with Gasteiger partial charge in [-0.25, -0.2) is 9.59 Å². The fourth-order valence-corrected chi connectivity index (χ4v) is 2.15. The Morgan fingerprint density at radius 3 is 2.65 bits per heavy atom. The van der Waals surface area contributed by atoms with Crippen molar-refractivity contribution in [1.82, 2.24) is 10.3 Å². The molecule has 1 aromatic heterocycles. The molecule has 1 heterocycles. The Morgan fingerprint density at radius 1 is 1.26 bits per heavy atom. The molecule has 0 bridgehead atoms. The third-order valence-electron chi connectivity index (χ3n) is 3.13. The number of nitrogens with one attached hydrogen (secondary N) is 1. The number of rotatable bonds is 4. The summed E-state index contributed by atoms with van der Waals surface area (Å²) >= 11 is 0. The van der Waals surface area contributed by atoms with Gasteiger partial charge in [0.05, 0.1) is 0 Å². The molecule has 1 atom stereocenters. The summed E-state index contributed by atoms with van der Waals surface area (Å²) in [6.45, 7) is 5.16. The SMILES string of the molecule is CC(C)(C)OC(=O)N[C@H](Cc1ccc2ccncc2c1)C(=O)O. The lowest BCUT2D eigenvalue weighted by molar-refractivity contribution is -0.139. The summed E-state index contributed by atoms with van der Waals surface area (Å²) in [5, 5.41) is 13.7. The van der Waals surface area contributed by atoms with Gasteiger partial charge in [0.25, 0.3) is 0 Å². The van der Waals surface area contributed by atoms with E-state index < -0.39 is 23.7 Å². The molecule has 2 aromatic rings. The first-order valence-corrected chi connectivity index (χ1v) is 7.29. The molecule has 6 heteroatoms. The Kier molecular flexibility index (Phi) is 4.83. The van der Waals surface area contributed by atoms with Gasteiger partial charge in [-0.1, -0.05) is 12.1 Å². The molecule has 0 aliphatic heterocycles. The first kappa shape index (κ1) is 16.7. The molecule has 2 rings (SSSR count). The average Bonchev–Trinajstić information content (AvgIpc) is 2.44. The second-order valence-electron chi connectivity index (χ2n) is 6.30. The number of carboxylic acid groups (broad SMARTS) is 1. The monoisotopic (exact) mass is 316 g/mol. The van der Waals surface area contributed by atoms with Crippen molar-refractivity contribution in [3.63, 3.8) is 0 Å². The Hall–Kier alpha value is -2.63. The molecular weight excluding hydrogens is 296 g/mol. The summed E-state index contributed by atoms with van der Waals surface area (Å²) in [4.78, 5) is 27.2. The van der Waals surface area contributed by atoms with E-state index in [1.807, 2.05) is 24.3 Å². The van der Waals surface area contributed by atoms with E-state index in [4.69, 9.17) is 4.74 Å². The van der Waals surface area contributed by atoms with Crippen LogP contribution in [0.15, 0.2) is 36.7 Å². The second-order valence-corrected chi connectivity index (χ2v) is 6.30. The maximum atomic E-state index is 11.8. The molecule has 0 fully saturated rings. The number of fused-ring (bicyclic) bond motifs is 1. The maximum absolute atomic E-state index is 11.8. The summed E-state index contributed by atoms with van der Waals surface area (Å²) in [7, 11) is 0. The van der Waals surface area contributed by atoms with Crippen LogP contribution in [0, 0.1) is 0 Å². The van der Waals surface area contributed by atoms with Crippen molar-refractivity contribution in [3.8, 4) is 0 Å². The Labute approximate surface area is 134 Å². The number of aromatic nitrogens is 1. The summed E-state index contributed by atoms with van der Waals surface area (Å²) in [6, 6.07) is 6.44. The Balaban J connectivity index is 2.11. The van der Waals surface area contributed by atoms with E-state index >= 15 is 0 Å². The number of hydrogen-bond acceptors (Lipinski definition) is 4. The third-order valence-corrected chi connectivity index (χ3v) is 3.13. The summed E-state index contributed by atoms with van der Waals surface area (Å²) in [5.41, 5.74) is 0.121. The number of pyridine rings is 1. The van der Waals surface area contributed by atoms with Crippen molar-refractivity contribution in [1.29, 1.82) is 0 Å². The predicted octanol–water partition coefficient (Wildman–Crippen LogP) is 2.76. The van der Waals surface area contributed by atoms with Crippen molar-refractivity contribution < 1.29 is 19.4 Å². The number of amides is 1. The van der Waals surface area contributed by atoms with Gasteiger partial charge in [0.1, 0.15) is 11.6 Å². The predicted molar refractivity (Wildman–Crippen MR) is 86.2 cm³/mol. The van der Waals surface area contributed by atoms with Gasteiger partial charge in [0, 0.05) is 24.2 Å². The Morgan fingerprint density at radius 2 is 2.00 bits per heavy atom. The van der Waals surface area contributed by atoms with Gasteiger partial charge in [-0.3, -0.25) is 4.98 Å². The van der Waals surface area contributed by atoms with E-state index in [1.54, 1.807) is 33.2 Å². The number of carbonyl (C=O) groups is 2. The lowest BCUT2D eigenvalue weighted by Crippen LogP contribution is -2.44. The van der Waals surface area contributed by atoms with Gasteiger partial charge in [-0.05, 0) is 43.9 Å². The van der Waals surface area contributed by atoms with Crippen LogP contribution in [0.1, 0.15) is 26.3 Å². The molecule has 122 valence electrons. The van der Waals surface area contributed by atoms with Crippen LogP contribution < -0.4 is 5.32 Å². The number of hydrogen-bond donors (Lipinski definition) is 2. The molecule has 0 radical (unpaired) electrons. The van der Waals surface area contributed by atoms with E-state index in [1.165, 1.54) is 0 Å². The smallest absolute Gasteiger partial charge is 0.408 e. The molecule has 0 saturated heterocycles. The van der Waals surface area contributed by atoms with Crippen LogP contribution in [0.25, 0.3) is 10.8 Å². The van der Waals surface area contributed by atoms with Gasteiger partial charge in [-0.2, -0.15) is 0 Å². The zero-order valence-corrected chi connectivity index (χ0v) is 13.4. The van der Waals surface area contributed by atoms with Crippen LogP contribution in [0.4, 0.5) is 4.79 Å². The first-order chi connectivity index (χ1) is 10.7. The number of carbonyl (C=O) groups excluding carboxylic acids is 1. The molecule has 6 nitrogen and oxygen atoms in total. The molecule has 0 unspecified atom stereocenters. The quantitative estimate of drug-likeness (QED) is 0.905. The lowest BCUT2D eigenvalue weighted by atomic mass is 10.0. The molecule has 1 aromatic carbocycles. The zero-order chi connectivity index (χ0) is 17.0. The fourth-order valence-electron chi connectivity index (χ4n) is 2.15. The zero-order valence-electron chi connectivity index (χ0n) is 13.4. The molecule has 2 N–H and O–H groups in total. The number of ether oxygens (including phenoxy) is 1. The lowest BCUT2D eigenvalue weighted by Gasteiger charge is -2.22. The molecule has 0 spiro atoms. The number of nitrogens with zero attached hydrogens (tertiary/aromatic N) is 1. The largest absolute Gasteiger partial charge is 0.480 e. The van der Waals surface area contributed by atoms with Crippen LogP contribution in [0.2, 0.25) is 0 Å². The van der Waals surface area contributed by atoms with E-state index in [0.717, 1.165) is 16.3 Å². The van der Waals surface area contributed by atoms with Crippen LogP contribution in [0.3, 0.4) is 0 Å². The van der Waals surface area contributed by atoms with Gasteiger partial charge in [0.15, 0.2) is 0 Å².